The van der Waals surface area contributed by atoms with Gasteiger partial charge in [-0.2, -0.15) is 5.10 Å². The molecule has 1 aromatic carbocycles. The number of hydrogen-bond acceptors (Lipinski definition) is 3. The second kappa shape index (κ2) is 7.15. The third-order valence-electron chi connectivity index (χ3n) is 4.05. The molecule has 3 aromatic rings. The molecule has 0 aliphatic heterocycles. The topological polar surface area (TPSA) is 51.3 Å². The summed E-state index contributed by atoms with van der Waals surface area (Å²) < 4.78 is 7.26. The van der Waals surface area contributed by atoms with Gasteiger partial charge in [0, 0.05) is 19.2 Å². The van der Waals surface area contributed by atoms with Crippen molar-refractivity contribution < 1.29 is 9.21 Å². The SMILES string of the molecule is CCN(CC)C(=O)c1cc(-c2ccc(C)o2)nn1-c1ccccc1Cl. The lowest BCUT2D eigenvalue weighted by molar-refractivity contribution is 0.0764. The molecule has 1 amide bonds. The van der Waals surface area contributed by atoms with Crippen LogP contribution in [0.4, 0.5) is 0 Å². The second-order valence-electron chi connectivity index (χ2n) is 5.67. The number of hydrogen-bond donors (Lipinski definition) is 0. The van der Waals surface area contributed by atoms with Crippen LogP contribution in [0.15, 0.2) is 46.9 Å². The summed E-state index contributed by atoms with van der Waals surface area (Å²) in [6.45, 7) is 7.02. The smallest absolute Gasteiger partial charge is 0.272 e. The Kier molecular flexibility index (Phi) is 4.95. The van der Waals surface area contributed by atoms with E-state index in [1.807, 2.05) is 51.1 Å². The fourth-order valence-corrected chi connectivity index (χ4v) is 2.92. The molecule has 0 aliphatic carbocycles. The minimum atomic E-state index is -0.0908. The van der Waals surface area contributed by atoms with Gasteiger partial charge >= 0.3 is 0 Å². The average molecular weight is 358 g/mol. The highest BCUT2D eigenvalue weighted by molar-refractivity contribution is 6.32. The molecule has 0 bridgehead atoms. The first kappa shape index (κ1) is 17.3. The number of aromatic nitrogens is 2. The molecule has 0 N–H and O–H groups in total. The van der Waals surface area contributed by atoms with E-state index < -0.39 is 0 Å². The van der Waals surface area contributed by atoms with Crippen LogP contribution < -0.4 is 0 Å². The third-order valence-corrected chi connectivity index (χ3v) is 4.37. The van der Waals surface area contributed by atoms with Gasteiger partial charge in [-0.3, -0.25) is 4.79 Å². The van der Waals surface area contributed by atoms with Gasteiger partial charge in [0.05, 0.1) is 10.7 Å². The van der Waals surface area contributed by atoms with Crippen LogP contribution in [-0.4, -0.2) is 33.7 Å². The molecule has 0 saturated heterocycles. The zero-order valence-corrected chi connectivity index (χ0v) is 15.2. The summed E-state index contributed by atoms with van der Waals surface area (Å²) in [5, 5.41) is 5.12. The zero-order chi connectivity index (χ0) is 18.0. The minimum absolute atomic E-state index is 0.0908. The Morgan fingerprint density at radius 2 is 1.92 bits per heavy atom. The summed E-state index contributed by atoms with van der Waals surface area (Å²) >= 11 is 6.33. The molecule has 25 heavy (non-hydrogen) atoms. The number of nitrogens with zero attached hydrogens (tertiary/aromatic N) is 3. The molecular formula is C19H20ClN3O2. The van der Waals surface area contributed by atoms with Gasteiger partial charge < -0.3 is 9.32 Å². The quantitative estimate of drug-likeness (QED) is 0.671. The maximum Gasteiger partial charge on any atom is 0.272 e. The highest BCUT2D eigenvalue weighted by Gasteiger charge is 2.23. The van der Waals surface area contributed by atoms with Crippen LogP contribution in [0.3, 0.4) is 0 Å². The molecule has 0 unspecified atom stereocenters. The monoisotopic (exact) mass is 357 g/mol. The van der Waals surface area contributed by atoms with E-state index in [0.29, 0.717) is 40.9 Å². The average Bonchev–Trinajstić information content (AvgIpc) is 3.22. The Labute approximate surface area is 151 Å². The van der Waals surface area contributed by atoms with Crippen LogP contribution in [0.1, 0.15) is 30.1 Å². The van der Waals surface area contributed by atoms with Crippen LogP contribution >= 0.6 is 11.6 Å². The maximum absolute atomic E-state index is 13.0. The Morgan fingerprint density at radius 3 is 2.52 bits per heavy atom. The van der Waals surface area contributed by atoms with E-state index in [1.54, 1.807) is 21.7 Å². The van der Waals surface area contributed by atoms with Crippen molar-refractivity contribution in [1.29, 1.82) is 0 Å². The molecule has 0 aliphatic rings. The molecular weight excluding hydrogens is 338 g/mol. The fourth-order valence-electron chi connectivity index (χ4n) is 2.71. The lowest BCUT2D eigenvalue weighted by Gasteiger charge is -2.19. The van der Waals surface area contributed by atoms with Gasteiger partial charge in [0.1, 0.15) is 17.1 Å². The first-order valence-corrected chi connectivity index (χ1v) is 8.64. The molecule has 0 radical (unpaired) electrons. The maximum atomic E-state index is 13.0. The molecule has 6 heteroatoms. The van der Waals surface area contributed by atoms with Gasteiger partial charge in [0.2, 0.25) is 0 Å². The minimum Gasteiger partial charge on any atom is -0.460 e. The molecule has 0 atom stereocenters. The molecule has 0 spiro atoms. The second-order valence-corrected chi connectivity index (χ2v) is 6.07. The van der Waals surface area contributed by atoms with E-state index in [4.69, 9.17) is 16.0 Å². The normalized spacial score (nSPS) is 10.9. The van der Waals surface area contributed by atoms with Gasteiger partial charge in [-0.05, 0) is 45.0 Å². The Morgan fingerprint density at radius 1 is 1.20 bits per heavy atom. The van der Waals surface area contributed by atoms with Crippen LogP contribution in [0, 0.1) is 6.92 Å². The molecule has 3 rings (SSSR count). The van der Waals surface area contributed by atoms with Gasteiger partial charge in [0.15, 0.2) is 5.76 Å². The van der Waals surface area contributed by atoms with E-state index in [0.717, 1.165) is 5.76 Å². The van der Waals surface area contributed by atoms with Crippen LogP contribution in [0.5, 0.6) is 0 Å². The predicted molar refractivity (Wildman–Crippen MR) is 98.3 cm³/mol. The number of halogens is 1. The Hall–Kier alpha value is -2.53. The summed E-state index contributed by atoms with van der Waals surface area (Å²) in [5.74, 6) is 1.32. The van der Waals surface area contributed by atoms with Crippen molar-refractivity contribution in [3.63, 3.8) is 0 Å². The lowest BCUT2D eigenvalue weighted by Crippen LogP contribution is -2.32. The van der Waals surface area contributed by atoms with Crippen molar-refractivity contribution in [3.05, 3.63) is 58.9 Å². The van der Waals surface area contributed by atoms with E-state index in [2.05, 4.69) is 5.10 Å². The molecule has 130 valence electrons. The number of benzene rings is 1. The highest BCUT2D eigenvalue weighted by Crippen LogP contribution is 2.27. The predicted octanol–water partition coefficient (Wildman–Crippen LogP) is 4.58. The van der Waals surface area contributed by atoms with Gasteiger partial charge in [-0.25, -0.2) is 4.68 Å². The molecule has 2 heterocycles. The summed E-state index contributed by atoms with van der Waals surface area (Å²) in [6, 6.07) is 12.8. The van der Waals surface area contributed by atoms with Crippen molar-refractivity contribution >= 4 is 17.5 Å². The van der Waals surface area contributed by atoms with Crippen molar-refractivity contribution in [3.8, 4) is 17.1 Å². The van der Waals surface area contributed by atoms with Crippen molar-refractivity contribution in [2.45, 2.75) is 20.8 Å². The number of carbonyl (C=O) groups excluding carboxylic acids is 1. The van der Waals surface area contributed by atoms with E-state index in [-0.39, 0.29) is 5.91 Å². The number of carbonyl (C=O) groups is 1. The molecule has 2 aromatic heterocycles. The van der Waals surface area contributed by atoms with Crippen LogP contribution in [0.25, 0.3) is 17.1 Å². The number of para-hydroxylation sites is 1. The summed E-state index contributed by atoms with van der Waals surface area (Å²) in [7, 11) is 0. The Balaban J connectivity index is 2.16. The number of amides is 1. The summed E-state index contributed by atoms with van der Waals surface area (Å²) in [4.78, 5) is 14.7. The lowest BCUT2D eigenvalue weighted by atomic mass is 10.2. The number of rotatable bonds is 5. The fraction of sp³-hybridized carbons (Fsp3) is 0.263. The molecule has 5 nitrogen and oxygen atoms in total. The first-order chi connectivity index (χ1) is 12.0. The standard InChI is InChI=1S/C19H20ClN3O2/c1-4-22(5-2)19(24)17-12-15(18-11-10-13(3)25-18)21-23(17)16-9-7-6-8-14(16)20/h6-12H,4-5H2,1-3H3. The summed E-state index contributed by atoms with van der Waals surface area (Å²) in [5.41, 5.74) is 1.72. The van der Waals surface area contributed by atoms with Crippen molar-refractivity contribution in [1.82, 2.24) is 14.7 Å². The van der Waals surface area contributed by atoms with Crippen molar-refractivity contribution in [2.24, 2.45) is 0 Å². The van der Waals surface area contributed by atoms with Crippen LogP contribution in [0.2, 0.25) is 5.02 Å². The third kappa shape index (κ3) is 3.33. The van der Waals surface area contributed by atoms with E-state index in [1.165, 1.54) is 0 Å². The van der Waals surface area contributed by atoms with Gasteiger partial charge in [0.25, 0.3) is 5.91 Å². The highest BCUT2D eigenvalue weighted by atomic mass is 35.5. The van der Waals surface area contributed by atoms with Gasteiger partial charge in [-0.15, -0.1) is 0 Å². The molecule has 0 fully saturated rings. The van der Waals surface area contributed by atoms with Crippen molar-refractivity contribution in [2.75, 3.05) is 13.1 Å². The number of aryl methyl sites for hydroxylation is 1. The van der Waals surface area contributed by atoms with Gasteiger partial charge in [-0.1, -0.05) is 23.7 Å². The summed E-state index contributed by atoms with van der Waals surface area (Å²) in [6.07, 6.45) is 0. The van der Waals surface area contributed by atoms with Crippen LogP contribution in [-0.2, 0) is 0 Å². The largest absolute Gasteiger partial charge is 0.460 e. The Bertz CT molecular complexity index is 894. The van der Waals surface area contributed by atoms with E-state index >= 15 is 0 Å². The molecule has 0 saturated carbocycles. The number of furan rings is 1. The zero-order valence-electron chi connectivity index (χ0n) is 14.5. The van der Waals surface area contributed by atoms with E-state index in [9.17, 15) is 4.79 Å². The first-order valence-electron chi connectivity index (χ1n) is 8.26.